The number of hydrogen-bond donors (Lipinski definition) is 3. The highest BCUT2D eigenvalue weighted by molar-refractivity contribution is 5.96. The van der Waals surface area contributed by atoms with E-state index < -0.39 is 70.1 Å². The van der Waals surface area contributed by atoms with Crippen molar-refractivity contribution in [1.82, 2.24) is 9.97 Å². The molecular weight excluding hydrogens is 550 g/mol. The standard InChI is InChI=1S/C26H17F8N5O/c27-18-14(19(28)23(32)38-22(18)31)8-7-12-4-3-6-17(37-26(40)16(36)5-1-2-11-35)13(12)9-10-15-20(29)24(33)39-25(34)21(15)30/h3-4,6,16H,1-2,5,11,35-36H2,(H,37,40). The lowest BCUT2D eigenvalue weighted by atomic mass is 10.0. The number of carbonyl (C=O) groups is 1. The first-order chi connectivity index (χ1) is 19.0. The average Bonchev–Trinajstić information content (AvgIpc) is 2.91. The van der Waals surface area contributed by atoms with Crippen LogP contribution in [0.4, 0.5) is 40.8 Å². The van der Waals surface area contributed by atoms with Gasteiger partial charge in [0.15, 0.2) is 23.3 Å². The predicted octanol–water partition coefficient (Wildman–Crippen LogP) is 3.78. The number of nitrogens with zero attached hydrogens (tertiary/aromatic N) is 2. The molecule has 0 aliphatic rings. The van der Waals surface area contributed by atoms with Gasteiger partial charge in [-0.25, -0.2) is 17.6 Å². The van der Waals surface area contributed by atoms with Gasteiger partial charge in [-0.2, -0.15) is 27.5 Å². The highest BCUT2D eigenvalue weighted by Crippen LogP contribution is 2.22. The summed E-state index contributed by atoms with van der Waals surface area (Å²) < 4.78 is 110. The maximum Gasteiger partial charge on any atom is 0.253 e. The number of nitrogens with one attached hydrogen (secondary N) is 1. The number of carbonyl (C=O) groups excluding carboxylic acids is 1. The highest BCUT2D eigenvalue weighted by atomic mass is 19.2. The summed E-state index contributed by atoms with van der Waals surface area (Å²) in [4.78, 5) is 17.4. The van der Waals surface area contributed by atoms with Crippen molar-refractivity contribution in [2.45, 2.75) is 25.3 Å². The third kappa shape index (κ3) is 6.72. The van der Waals surface area contributed by atoms with Gasteiger partial charge in [-0.05, 0) is 31.5 Å². The molecule has 1 unspecified atom stereocenters. The molecule has 0 aliphatic carbocycles. The summed E-state index contributed by atoms with van der Waals surface area (Å²) in [7, 11) is 0. The molecule has 6 nitrogen and oxygen atoms in total. The summed E-state index contributed by atoms with van der Waals surface area (Å²) in [5, 5.41) is 2.41. The van der Waals surface area contributed by atoms with Gasteiger partial charge in [-0.3, -0.25) is 4.79 Å². The second-order valence-corrected chi connectivity index (χ2v) is 8.00. The van der Waals surface area contributed by atoms with Crippen LogP contribution in [0.1, 0.15) is 41.5 Å². The fourth-order valence-corrected chi connectivity index (χ4v) is 3.21. The van der Waals surface area contributed by atoms with Crippen molar-refractivity contribution in [2.75, 3.05) is 11.9 Å². The van der Waals surface area contributed by atoms with Gasteiger partial charge >= 0.3 is 0 Å². The first kappa shape index (κ1) is 30.0. The first-order valence-electron chi connectivity index (χ1n) is 11.3. The smallest absolute Gasteiger partial charge is 0.253 e. The third-order valence-corrected chi connectivity index (χ3v) is 5.26. The first-order valence-corrected chi connectivity index (χ1v) is 11.3. The van der Waals surface area contributed by atoms with Crippen LogP contribution in [0.25, 0.3) is 0 Å². The van der Waals surface area contributed by atoms with E-state index in [1.165, 1.54) is 12.1 Å². The lowest BCUT2D eigenvalue weighted by Gasteiger charge is -2.14. The second-order valence-electron chi connectivity index (χ2n) is 8.00. The molecule has 0 aliphatic heterocycles. The molecule has 0 bridgehead atoms. The summed E-state index contributed by atoms with van der Waals surface area (Å²) in [5.74, 6) is -8.13. The molecule has 1 amide bonds. The van der Waals surface area contributed by atoms with Crippen LogP contribution >= 0.6 is 0 Å². The Hall–Kier alpha value is -4.53. The zero-order chi connectivity index (χ0) is 29.6. The van der Waals surface area contributed by atoms with Crippen molar-refractivity contribution >= 4 is 11.6 Å². The van der Waals surface area contributed by atoms with E-state index in [1.807, 2.05) is 11.8 Å². The Morgan fingerprint density at radius 3 is 1.73 bits per heavy atom. The molecule has 0 fully saturated rings. The summed E-state index contributed by atoms with van der Waals surface area (Å²) in [5.41, 5.74) is 7.76. The number of halogens is 8. The van der Waals surface area contributed by atoms with Gasteiger partial charge in [0, 0.05) is 5.56 Å². The molecule has 1 atom stereocenters. The van der Waals surface area contributed by atoms with Gasteiger partial charge in [-0.15, -0.1) is 0 Å². The van der Waals surface area contributed by atoms with E-state index in [2.05, 4.69) is 27.1 Å². The van der Waals surface area contributed by atoms with Crippen LogP contribution in [-0.2, 0) is 4.79 Å². The van der Waals surface area contributed by atoms with Gasteiger partial charge < -0.3 is 16.8 Å². The van der Waals surface area contributed by atoms with Crippen LogP contribution in [0.2, 0.25) is 0 Å². The number of pyridine rings is 2. The largest absolute Gasteiger partial charge is 0.330 e. The number of anilines is 1. The van der Waals surface area contributed by atoms with Crippen molar-refractivity contribution in [2.24, 2.45) is 11.5 Å². The molecule has 3 rings (SSSR count). The van der Waals surface area contributed by atoms with Gasteiger partial charge in [0.25, 0.3) is 23.8 Å². The maximum absolute atomic E-state index is 14.1. The minimum atomic E-state index is -1.99. The van der Waals surface area contributed by atoms with E-state index >= 15 is 0 Å². The summed E-state index contributed by atoms with van der Waals surface area (Å²) in [6.07, 6.45) is 1.33. The van der Waals surface area contributed by atoms with E-state index in [0.717, 1.165) is 6.07 Å². The van der Waals surface area contributed by atoms with Crippen LogP contribution in [0.5, 0.6) is 0 Å². The van der Waals surface area contributed by atoms with Crippen LogP contribution in [0.15, 0.2) is 18.2 Å². The van der Waals surface area contributed by atoms with Gasteiger partial charge in [-0.1, -0.05) is 36.2 Å². The van der Waals surface area contributed by atoms with Gasteiger partial charge in [0.2, 0.25) is 5.91 Å². The molecule has 0 saturated heterocycles. The van der Waals surface area contributed by atoms with Crippen LogP contribution < -0.4 is 16.8 Å². The Bertz CT molecular complexity index is 1540. The van der Waals surface area contributed by atoms with Crippen molar-refractivity contribution < 1.29 is 39.9 Å². The number of aromatic nitrogens is 2. The molecule has 0 spiro atoms. The number of amides is 1. The Morgan fingerprint density at radius 1 is 0.750 bits per heavy atom. The lowest BCUT2D eigenvalue weighted by molar-refractivity contribution is -0.117. The Balaban J connectivity index is 2.16. The van der Waals surface area contributed by atoms with Crippen molar-refractivity contribution in [3.63, 3.8) is 0 Å². The second kappa shape index (κ2) is 13.0. The predicted molar refractivity (Wildman–Crippen MR) is 126 cm³/mol. The molecule has 2 aromatic heterocycles. The molecule has 0 radical (unpaired) electrons. The van der Waals surface area contributed by atoms with E-state index in [0.29, 0.717) is 19.4 Å². The van der Waals surface area contributed by atoms with Crippen molar-refractivity contribution in [3.8, 4) is 23.7 Å². The Labute approximate surface area is 221 Å². The number of hydrogen-bond acceptors (Lipinski definition) is 5. The average molecular weight is 567 g/mol. The van der Waals surface area contributed by atoms with Gasteiger partial charge in [0.05, 0.1) is 17.3 Å². The van der Waals surface area contributed by atoms with Crippen LogP contribution in [0.3, 0.4) is 0 Å². The van der Waals surface area contributed by atoms with Crippen LogP contribution in [-0.4, -0.2) is 28.5 Å². The molecule has 14 heteroatoms. The Kier molecular flexibility index (Phi) is 9.77. The molecule has 40 heavy (non-hydrogen) atoms. The number of unbranched alkanes of at least 4 members (excludes halogenated alkanes) is 1. The van der Waals surface area contributed by atoms with E-state index in [4.69, 9.17) is 11.5 Å². The quantitative estimate of drug-likeness (QED) is 0.182. The molecule has 208 valence electrons. The fourth-order valence-electron chi connectivity index (χ4n) is 3.21. The number of benzene rings is 1. The summed E-state index contributed by atoms with van der Waals surface area (Å²) in [6, 6.07) is 2.65. The molecule has 0 saturated carbocycles. The topological polar surface area (TPSA) is 107 Å². The maximum atomic E-state index is 14.1. The molecule has 3 aromatic rings. The van der Waals surface area contributed by atoms with Crippen molar-refractivity contribution in [1.29, 1.82) is 0 Å². The zero-order valence-electron chi connectivity index (χ0n) is 20.1. The van der Waals surface area contributed by atoms with Gasteiger partial charge in [0.1, 0.15) is 11.1 Å². The van der Waals surface area contributed by atoms with E-state index in [1.54, 1.807) is 0 Å². The van der Waals surface area contributed by atoms with E-state index in [9.17, 15) is 39.9 Å². The lowest BCUT2D eigenvalue weighted by Crippen LogP contribution is -2.35. The summed E-state index contributed by atoms with van der Waals surface area (Å²) in [6.45, 7) is 0.366. The fraction of sp³-hybridized carbons (Fsp3) is 0.192. The summed E-state index contributed by atoms with van der Waals surface area (Å²) >= 11 is 0. The normalized spacial score (nSPS) is 11.2. The van der Waals surface area contributed by atoms with Crippen LogP contribution in [0, 0.1) is 70.7 Å². The third-order valence-electron chi connectivity index (χ3n) is 5.26. The minimum absolute atomic E-state index is 0.178. The minimum Gasteiger partial charge on any atom is -0.330 e. The molecular formula is C26H17F8N5O. The molecule has 5 N–H and O–H groups in total. The number of rotatable bonds is 6. The highest BCUT2D eigenvalue weighted by Gasteiger charge is 2.21. The van der Waals surface area contributed by atoms with E-state index in [-0.39, 0.29) is 23.2 Å². The number of nitrogens with two attached hydrogens (primary N) is 2. The SMILES string of the molecule is NCCCCC(N)C(=O)Nc1cccc(C#Cc2c(F)c(F)nc(F)c2F)c1C#Cc1c(F)c(F)nc(F)c1F. The Morgan fingerprint density at radius 2 is 1.23 bits per heavy atom. The monoisotopic (exact) mass is 567 g/mol. The molecule has 1 aromatic carbocycles. The van der Waals surface area contributed by atoms with Crippen molar-refractivity contribution in [3.05, 3.63) is 87.5 Å². The zero-order valence-corrected chi connectivity index (χ0v) is 20.1. The molecule has 2 heterocycles.